The van der Waals surface area contributed by atoms with Gasteiger partial charge in [-0.3, -0.25) is 0 Å². The van der Waals surface area contributed by atoms with Gasteiger partial charge in [0.15, 0.2) is 0 Å². The lowest BCUT2D eigenvalue weighted by Gasteiger charge is -2.19. The maximum absolute atomic E-state index is 13.7. The Morgan fingerprint density at radius 2 is 1.91 bits per heavy atom. The summed E-state index contributed by atoms with van der Waals surface area (Å²) in [5.74, 6) is 1.62. The van der Waals surface area contributed by atoms with E-state index < -0.39 is 0 Å². The topological polar surface area (TPSA) is 47.0 Å². The average molecular weight is 303 g/mol. The van der Waals surface area contributed by atoms with Gasteiger partial charge in [0.2, 0.25) is 5.88 Å². The highest BCUT2D eigenvalue weighted by Gasteiger charge is 2.19. The van der Waals surface area contributed by atoms with E-state index in [1.165, 1.54) is 6.07 Å². The lowest BCUT2D eigenvalue weighted by atomic mass is 9.96. The second kappa shape index (κ2) is 6.73. The maximum Gasteiger partial charge on any atom is 0.218 e. The SMILES string of the molecule is CCOc1cc(NCc2ccccc2F)nc(C(C)(C)C)n1. The van der Waals surface area contributed by atoms with Crippen molar-refractivity contribution in [1.82, 2.24) is 9.97 Å². The van der Waals surface area contributed by atoms with Crippen molar-refractivity contribution in [1.29, 1.82) is 0 Å². The summed E-state index contributed by atoms with van der Waals surface area (Å²) in [4.78, 5) is 8.93. The first-order valence-corrected chi connectivity index (χ1v) is 7.40. The Bertz CT molecular complexity index is 638. The van der Waals surface area contributed by atoms with Crippen LogP contribution < -0.4 is 10.1 Å². The van der Waals surface area contributed by atoms with E-state index in [0.29, 0.717) is 36.2 Å². The van der Waals surface area contributed by atoms with Crippen LogP contribution in [0.4, 0.5) is 10.2 Å². The molecule has 1 N–H and O–H groups in total. The van der Waals surface area contributed by atoms with Gasteiger partial charge in [-0.15, -0.1) is 0 Å². The van der Waals surface area contributed by atoms with E-state index in [2.05, 4.69) is 15.3 Å². The summed E-state index contributed by atoms with van der Waals surface area (Å²) in [5, 5.41) is 3.14. The fourth-order valence-electron chi connectivity index (χ4n) is 1.90. The van der Waals surface area contributed by atoms with Crippen molar-refractivity contribution in [3.8, 4) is 5.88 Å². The van der Waals surface area contributed by atoms with Gasteiger partial charge in [0, 0.05) is 23.6 Å². The molecule has 4 nitrogen and oxygen atoms in total. The van der Waals surface area contributed by atoms with Gasteiger partial charge in [-0.1, -0.05) is 39.0 Å². The number of nitrogens with zero attached hydrogens (tertiary/aromatic N) is 2. The molecule has 0 atom stereocenters. The Labute approximate surface area is 130 Å². The molecule has 0 radical (unpaired) electrons. The third kappa shape index (κ3) is 4.16. The molecule has 2 aromatic rings. The van der Waals surface area contributed by atoms with Crippen LogP contribution in [0.15, 0.2) is 30.3 Å². The zero-order valence-electron chi connectivity index (χ0n) is 13.5. The van der Waals surface area contributed by atoms with Crippen LogP contribution in [-0.4, -0.2) is 16.6 Å². The average Bonchev–Trinajstić information content (AvgIpc) is 2.46. The number of benzene rings is 1. The summed E-state index contributed by atoms with van der Waals surface area (Å²) in [6.45, 7) is 8.92. The molecular formula is C17H22FN3O. The summed E-state index contributed by atoms with van der Waals surface area (Å²) in [7, 11) is 0. The number of aromatic nitrogens is 2. The molecule has 0 aliphatic rings. The van der Waals surface area contributed by atoms with Crippen molar-refractivity contribution in [2.24, 2.45) is 0 Å². The quantitative estimate of drug-likeness (QED) is 0.909. The van der Waals surface area contributed by atoms with Crippen LogP contribution in [0.3, 0.4) is 0 Å². The molecule has 1 heterocycles. The molecule has 0 amide bonds. The second-order valence-electron chi connectivity index (χ2n) is 6.04. The van der Waals surface area contributed by atoms with Crippen molar-refractivity contribution in [2.45, 2.75) is 39.7 Å². The summed E-state index contributed by atoms with van der Waals surface area (Å²) >= 11 is 0. The first-order chi connectivity index (χ1) is 10.4. The minimum absolute atomic E-state index is 0.193. The number of hydrogen-bond acceptors (Lipinski definition) is 4. The molecule has 5 heteroatoms. The van der Waals surface area contributed by atoms with Crippen LogP contribution in [0.5, 0.6) is 5.88 Å². The van der Waals surface area contributed by atoms with Crippen molar-refractivity contribution >= 4 is 5.82 Å². The van der Waals surface area contributed by atoms with E-state index in [1.54, 1.807) is 18.2 Å². The second-order valence-corrected chi connectivity index (χ2v) is 6.04. The van der Waals surface area contributed by atoms with Crippen molar-refractivity contribution in [3.05, 3.63) is 47.5 Å². The summed E-state index contributed by atoms with van der Waals surface area (Å²) in [5.41, 5.74) is 0.401. The first kappa shape index (κ1) is 16.2. The molecule has 1 aromatic carbocycles. The van der Waals surface area contributed by atoms with Gasteiger partial charge in [0.1, 0.15) is 17.5 Å². The van der Waals surface area contributed by atoms with Crippen LogP contribution in [0.1, 0.15) is 39.1 Å². The minimum Gasteiger partial charge on any atom is -0.478 e. The smallest absolute Gasteiger partial charge is 0.218 e. The molecule has 0 bridgehead atoms. The number of hydrogen-bond donors (Lipinski definition) is 1. The molecule has 0 aliphatic heterocycles. The van der Waals surface area contributed by atoms with Gasteiger partial charge in [-0.25, -0.2) is 9.37 Å². The molecule has 0 aliphatic carbocycles. The number of anilines is 1. The largest absolute Gasteiger partial charge is 0.478 e. The summed E-state index contributed by atoms with van der Waals surface area (Å²) in [6, 6.07) is 8.42. The zero-order valence-corrected chi connectivity index (χ0v) is 13.5. The lowest BCUT2D eigenvalue weighted by molar-refractivity contribution is 0.322. The number of halogens is 1. The van der Waals surface area contributed by atoms with Crippen LogP contribution in [-0.2, 0) is 12.0 Å². The molecule has 118 valence electrons. The molecular weight excluding hydrogens is 281 g/mol. The van der Waals surface area contributed by atoms with Gasteiger partial charge in [-0.2, -0.15) is 4.98 Å². The highest BCUT2D eigenvalue weighted by atomic mass is 19.1. The third-order valence-electron chi connectivity index (χ3n) is 3.08. The molecule has 0 spiro atoms. The lowest BCUT2D eigenvalue weighted by Crippen LogP contribution is -2.18. The van der Waals surface area contributed by atoms with Crippen LogP contribution in [0.25, 0.3) is 0 Å². The van der Waals surface area contributed by atoms with E-state index in [0.717, 1.165) is 0 Å². The normalized spacial score (nSPS) is 11.3. The summed E-state index contributed by atoms with van der Waals surface area (Å²) < 4.78 is 19.2. The number of ether oxygens (including phenoxy) is 1. The van der Waals surface area contributed by atoms with E-state index in [-0.39, 0.29) is 11.2 Å². The first-order valence-electron chi connectivity index (χ1n) is 7.40. The van der Waals surface area contributed by atoms with Gasteiger partial charge < -0.3 is 10.1 Å². The standard InChI is InChI=1S/C17H22FN3O/c1-5-22-15-10-14(20-16(21-15)17(2,3)4)19-11-12-8-6-7-9-13(12)18/h6-10H,5,11H2,1-4H3,(H,19,20,21). The Kier molecular flexibility index (Phi) is 4.96. The molecule has 0 saturated carbocycles. The Balaban J connectivity index is 2.22. The predicted octanol–water partition coefficient (Wildman–Crippen LogP) is 3.92. The Hall–Kier alpha value is -2.17. The van der Waals surface area contributed by atoms with Crippen LogP contribution in [0.2, 0.25) is 0 Å². The maximum atomic E-state index is 13.7. The van der Waals surface area contributed by atoms with E-state index in [4.69, 9.17) is 4.74 Å². The Morgan fingerprint density at radius 1 is 1.18 bits per heavy atom. The molecule has 0 unspecified atom stereocenters. The molecule has 0 fully saturated rings. The predicted molar refractivity (Wildman–Crippen MR) is 85.6 cm³/mol. The van der Waals surface area contributed by atoms with Gasteiger partial charge in [0.25, 0.3) is 0 Å². The fourth-order valence-corrected chi connectivity index (χ4v) is 1.90. The van der Waals surface area contributed by atoms with Gasteiger partial charge >= 0.3 is 0 Å². The fraction of sp³-hybridized carbons (Fsp3) is 0.412. The highest BCUT2D eigenvalue weighted by molar-refractivity contribution is 5.40. The van der Waals surface area contributed by atoms with Crippen molar-refractivity contribution in [3.63, 3.8) is 0 Å². The zero-order chi connectivity index (χ0) is 16.2. The molecule has 1 aromatic heterocycles. The number of nitrogens with one attached hydrogen (secondary N) is 1. The molecule has 0 saturated heterocycles. The van der Waals surface area contributed by atoms with Crippen LogP contribution >= 0.6 is 0 Å². The monoisotopic (exact) mass is 303 g/mol. The molecule has 22 heavy (non-hydrogen) atoms. The van der Waals surface area contributed by atoms with Gasteiger partial charge in [-0.05, 0) is 13.0 Å². The third-order valence-corrected chi connectivity index (χ3v) is 3.08. The van der Waals surface area contributed by atoms with E-state index in [1.807, 2.05) is 33.8 Å². The minimum atomic E-state index is -0.231. The molecule has 2 rings (SSSR count). The van der Waals surface area contributed by atoms with E-state index >= 15 is 0 Å². The van der Waals surface area contributed by atoms with Gasteiger partial charge in [0.05, 0.1) is 6.61 Å². The van der Waals surface area contributed by atoms with E-state index in [9.17, 15) is 4.39 Å². The summed E-state index contributed by atoms with van der Waals surface area (Å²) in [6.07, 6.45) is 0. The Morgan fingerprint density at radius 3 is 2.55 bits per heavy atom. The number of rotatable bonds is 5. The van der Waals surface area contributed by atoms with Crippen LogP contribution in [0, 0.1) is 5.82 Å². The van der Waals surface area contributed by atoms with Crippen molar-refractivity contribution in [2.75, 3.05) is 11.9 Å². The highest BCUT2D eigenvalue weighted by Crippen LogP contribution is 2.23. The van der Waals surface area contributed by atoms with Crippen molar-refractivity contribution < 1.29 is 9.13 Å².